The number of hydrogen-bond donors (Lipinski definition) is 0. The van der Waals surface area contributed by atoms with Crippen LogP contribution in [0.3, 0.4) is 0 Å². The van der Waals surface area contributed by atoms with E-state index in [-0.39, 0.29) is 12.0 Å². The lowest BCUT2D eigenvalue weighted by molar-refractivity contribution is 0.146. The maximum absolute atomic E-state index is 13.8. The Bertz CT molecular complexity index is 1040. The number of hydrogen-bond acceptors (Lipinski definition) is 3. The SMILES string of the molecule is CC(C)C1(C)c2ccccc2C(c2ccccc2)N1S(=O)(=O)c1cccs1. The number of sulfonamides is 1. The summed E-state index contributed by atoms with van der Waals surface area (Å²) < 4.78 is 29.7. The summed E-state index contributed by atoms with van der Waals surface area (Å²) in [7, 11) is -3.66. The maximum Gasteiger partial charge on any atom is 0.254 e. The average molecular weight is 398 g/mol. The third-order valence-corrected chi connectivity index (χ3v) is 9.08. The van der Waals surface area contributed by atoms with Gasteiger partial charge in [-0.2, -0.15) is 4.31 Å². The monoisotopic (exact) mass is 397 g/mol. The van der Waals surface area contributed by atoms with Gasteiger partial charge in [-0.1, -0.05) is 74.5 Å². The van der Waals surface area contributed by atoms with E-state index in [9.17, 15) is 8.42 Å². The van der Waals surface area contributed by atoms with E-state index < -0.39 is 15.6 Å². The lowest BCUT2D eigenvalue weighted by Gasteiger charge is -2.41. The zero-order chi connectivity index (χ0) is 19.2. The smallest absolute Gasteiger partial charge is 0.206 e. The number of fused-ring (bicyclic) bond motifs is 1. The lowest BCUT2D eigenvalue weighted by Crippen LogP contribution is -2.47. The molecular weight excluding hydrogens is 374 g/mol. The number of benzene rings is 2. The summed E-state index contributed by atoms with van der Waals surface area (Å²) in [6, 6.07) is 21.3. The quantitative estimate of drug-likeness (QED) is 0.590. The van der Waals surface area contributed by atoms with E-state index in [0.29, 0.717) is 4.21 Å². The molecule has 27 heavy (non-hydrogen) atoms. The van der Waals surface area contributed by atoms with E-state index in [4.69, 9.17) is 0 Å². The molecule has 0 amide bonds. The molecule has 140 valence electrons. The van der Waals surface area contributed by atoms with Crippen LogP contribution in [-0.2, 0) is 15.6 Å². The number of rotatable bonds is 4. The summed E-state index contributed by atoms with van der Waals surface area (Å²) in [5.74, 6) is 0.113. The van der Waals surface area contributed by atoms with Crippen molar-refractivity contribution in [1.29, 1.82) is 0 Å². The molecule has 0 bridgehead atoms. The minimum Gasteiger partial charge on any atom is -0.206 e. The minimum atomic E-state index is -3.66. The Morgan fingerprint density at radius 1 is 0.963 bits per heavy atom. The van der Waals surface area contributed by atoms with E-state index in [1.54, 1.807) is 16.4 Å². The highest BCUT2D eigenvalue weighted by atomic mass is 32.2. The molecule has 2 heterocycles. The predicted octanol–water partition coefficient (Wildman–Crippen LogP) is 5.41. The molecule has 0 aliphatic carbocycles. The Morgan fingerprint density at radius 3 is 2.26 bits per heavy atom. The van der Waals surface area contributed by atoms with E-state index in [1.165, 1.54) is 11.3 Å². The fourth-order valence-electron chi connectivity index (χ4n) is 4.12. The first-order valence-electron chi connectivity index (χ1n) is 9.11. The van der Waals surface area contributed by atoms with Gasteiger partial charge in [0.2, 0.25) is 0 Å². The van der Waals surface area contributed by atoms with Gasteiger partial charge >= 0.3 is 0 Å². The predicted molar refractivity (Wildman–Crippen MR) is 110 cm³/mol. The van der Waals surface area contributed by atoms with Crippen LogP contribution in [0.4, 0.5) is 0 Å². The molecule has 0 fully saturated rings. The highest BCUT2D eigenvalue weighted by molar-refractivity contribution is 7.91. The van der Waals surface area contributed by atoms with Gasteiger partial charge in [-0.15, -0.1) is 11.3 Å². The van der Waals surface area contributed by atoms with Crippen molar-refractivity contribution in [3.8, 4) is 0 Å². The molecule has 3 aromatic rings. The van der Waals surface area contributed by atoms with Crippen molar-refractivity contribution in [1.82, 2.24) is 4.31 Å². The highest BCUT2D eigenvalue weighted by Crippen LogP contribution is 2.54. The van der Waals surface area contributed by atoms with Gasteiger partial charge in [0.05, 0.1) is 11.6 Å². The summed E-state index contributed by atoms with van der Waals surface area (Å²) in [4.78, 5) is 0. The first-order chi connectivity index (χ1) is 12.9. The molecule has 0 saturated heterocycles. The Morgan fingerprint density at radius 2 is 1.63 bits per heavy atom. The third-order valence-electron chi connectivity index (χ3n) is 5.74. The molecule has 2 unspecified atom stereocenters. The van der Waals surface area contributed by atoms with Crippen LogP contribution in [-0.4, -0.2) is 12.7 Å². The van der Waals surface area contributed by atoms with Crippen LogP contribution >= 0.6 is 11.3 Å². The van der Waals surface area contributed by atoms with Crippen LogP contribution in [0.15, 0.2) is 76.3 Å². The van der Waals surface area contributed by atoms with Crippen molar-refractivity contribution in [3.63, 3.8) is 0 Å². The highest BCUT2D eigenvalue weighted by Gasteiger charge is 2.55. The topological polar surface area (TPSA) is 37.4 Å². The molecule has 1 aromatic heterocycles. The normalized spacial score (nSPS) is 22.9. The van der Waals surface area contributed by atoms with Gasteiger partial charge in [0.15, 0.2) is 0 Å². The fraction of sp³-hybridized carbons (Fsp3) is 0.273. The maximum atomic E-state index is 13.8. The zero-order valence-corrected chi connectivity index (χ0v) is 17.3. The average Bonchev–Trinajstić information content (AvgIpc) is 3.29. The molecule has 0 radical (unpaired) electrons. The second kappa shape index (κ2) is 6.59. The van der Waals surface area contributed by atoms with Gasteiger partial charge in [-0.05, 0) is 41.0 Å². The van der Waals surface area contributed by atoms with Gasteiger partial charge in [0.25, 0.3) is 10.0 Å². The molecule has 1 aliphatic rings. The molecule has 3 nitrogen and oxygen atoms in total. The number of thiophene rings is 1. The van der Waals surface area contributed by atoms with Crippen LogP contribution < -0.4 is 0 Å². The molecule has 0 saturated carbocycles. The fourth-order valence-corrected chi connectivity index (χ4v) is 7.23. The van der Waals surface area contributed by atoms with Crippen molar-refractivity contribution in [2.45, 2.75) is 36.6 Å². The molecule has 2 atom stereocenters. The molecule has 1 aliphatic heterocycles. The van der Waals surface area contributed by atoms with Gasteiger partial charge in [-0.25, -0.2) is 8.42 Å². The molecule has 2 aromatic carbocycles. The van der Waals surface area contributed by atoms with E-state index in [2.05, 4.69) is 32.9 Å². The van der Waals surface area contributed by atoms with Crippen molar-refractivity contribution in [2.75, 3.05) is 0 Å². The Labute approximate surface area is 165 Å². The standard InChI is InChI=1S/C22H23NO2S2/c1-16(2)22(3)19-13-8-7-12-18(19)21(17-10-5-4-6-11-17)23(22)27(24,25)20-14-9-15-26-20/h4-16,21H,1-3H3. The third kappa shape index (κ3) is 2.68. The van der Waals surface area contributed by atoms with Gasteiger partial charge < -0.3 is 0 Å². The van der Waals surface area contributed by atoms with Crippen molar-refractivity contribution in [3.05, 3.63) is 88.8 Å². The zero-order valence-electron chi connectivity index (χ0n) is 15.7. The molecule has 0 spiro atoms. The van der Waals surface area contributed by atoms with E-state index >= 15 is 0 Å². The Hall–Kier alpha value is -1.95. The van der Waals surface area contributed by atoms with Crippen molar-refractivity contribution >= 4 is 21.4 Å². The van der Waals surface area contributed by atoms with Crippen LogP contribution in [0.1, 0.15) is 43.5 Å². The summed E-state index contributed by atoms with van der Waals surface area (Å²) in [5.41, 5.74) is 2.53. The van der Waals surface area contributed by atoms with Crippen molar-refractivity contribution in [2.24, 2.45) is 5.92 Å². The first kappa shape index (κ1) is 18.4. The molecular formula is C22H23NO2S2. The second-order valence-corrected chi connectivity index (χ2v) is 10.4. The lowest BCUT2D eigenvalue weighted by atomic mass is 9.82. The van der Waals surface area contributed by atoms with Crippen LogP contribution in [0.5, 0.6) is 0 Å². The van der Waals surface area contributed by atoms with Crippen molar-refractivity contribution < 1.29 is 8.42 Å². The summed E-state index contributed by atoms with van der Waals surface area (Å²) in [6.07, 6.45) is 0. The van der Waals surface area contributed by atoms with E-state index in [1.807, 2.05) is 47.8 Å². The molecule has 4 rings (SSSR count). The summed E-state index contributed by atoms with van der Waals surface area (Å²) in [6.45, 7) is 6.26. The van der Waals surface area contributed by atoms with Gasteiger partial charge in [-0.3, -0.25) is 0 Å². The Balaban J connectivity index is 2.03. The number of nitrogens with zero attached hydrogens (tertiary/aromatic N) is 1. The molecule has 0 N–H and O–H groups in total. The van der Waals surface area contributed by atoms with Crippen LogP contribution in [0.2, 0.25) is 0 Å². The largest absolute Gasteiger partial charge is 0.254 e. The van der Waals surface area contributed by atoms with Crippen LogP contribution in [0.25, 0.3) is 0 Å². The second-order valence-electron chi connectivity index (χ2n) is 7.44. The first-order valence-corrected chi connectivity index (χ1v) is 11.4. The van der Waals surface area contributed by atoms with Crippen LogP contribution in [0, 0.1) is 5.92 Å². The van der Waals surface area contributed by atoms with E-state index in [0.717, 1.165) is 16.7 Å². The summed E-state index contributed by atoms with van der Waals surface area (Å²) in [5, 5.41) is 1.82. The summed E-state index contributed by atoms with van der Waals surface area (Å²) >= 11 is 1.28. The Kier molecular flexibility index (Phi) is 4.49. The van der Waals surface area contributed by atoms with Gasteiger partial charge in [0, 0.05) is 0 Å². The molecule has 5 heteroatoms. The van der Waals surface area contributed by atoms with Gasteiger partial charge in [0.1, 0.15) is 4.21 Å². The minimum absolute atomic E-state index is 0.113.